The van der Waals surface area contributed by atoms with Crippen LogP contribution in [0.5, 0.6) is 0 Å². The summed E-state index contributed by atoms with van der Waals surface area (Å²) in [4.78, 5) is 21.1. The van der Waals surface area contributed by atoms with Gasteiger partial charge in [0.15, 0.2) is 0 Å². The van der Waals surface area contributed by atoms with Crippen molar-refractivity contribution in [3.63, 3.8) is 0 Å². The van der Waals surface area contributed by atoms with Gasteiger partial charge in [0.05, 0.1) is 10.6 Å². The van der Waals surface area contributed by atoms with Crippen LogP contribution in [0.4, 0.5) is 5.69 Å². The first-order valence-electron chi connectivity index (χ1n) is 5.14. The van der Waals surface area contributed by atoms with Crippen LogP contribution < -0.4 is 0 Å². The number of nitrogens with zero attached hydrogens (tertiary/aromatic N) is 2. The lowest BCUT2D eigenvalue weighted by Gasteiger charge is -2.00. The van der Waals surface area contributed by atoms with E-state index in [9.17, 15) is 14.9 Å². The zero-order valence-corrected chi connectivity index (χ0v) is 10.4. The van der Waals surface area contributed by atoms with E-state index in [0.717, 1.165) is 0 Å². The van der Waals surface area contributed by atoms with Crippen LogP contribution in [-0.4, -0.2) is 26.2 Å². The van der Waals surface area contributed by atoms with Gasteiger partial charge in [-0.3, -0.25) is 15.2 Å². The van der Waals surface area contributed by atoms with Crippen LogP contribution in [-0.2, 0) is 0 Å². The van der Waals surface area contributed by atoms with Crippen molar-refractivity contribution in [3.8, 4) is 11.3 Å². The number of carbonyl (C=O) groups is 1. The SMILES string of the molecule is Cc1c(-c2ccc(Cl)c([N+](=O)[O-])c2)n[nH]c1C(=O)O. The number of aromatic nitrogens is 2. The Bertz CT molecular complexity index is 681. The second-order valence-corrected chi connectivity index (χ2v) is 4.21. The van der Waals surface area contributed by atoms with E-state index in [1.807, 2.05) is 0 Å². The number of nitrogens with one attached hydrogen (secondary N) is 1. The Morgan fingerprint density at radius 1 is 1.53 bits per heavy atom. The fraction of sp³-hybridized carbons (Fsp3) is 0.0909. The fourth-order valence-electron chi connectivity index (χ4n) is 1.69. The van der Waals surface area contributed by atoms with Crippen LogP contribution in [0.1, 0.15) is 16.1 Å². The van der Waals surface area contributed by atoms with Crippen molar-refractivity contribution in [1.29, 1.82) is 0 Å². The third-order valence-electron chi connectivity index (χ3n) is 2.64. The second kappa shape index (κ2) is 4.69. The van der Waals surface area contributed by atoms with Gasteiger partial charge < -0.3 is 5.11 Å². The van der Waals surface area contributed by atoms with E-state index < -0.39 is 10.9 Å². The standard InChI is InChI=1S/C11H8ClN3O4/c1-5-9(13-14-10(5)11(16)17)6-2-3-7(12)8(4-6)15(18)19/h2-4H,1H3,(H,13,14)(H,16,17). The molecule has 98 valence electrons. The highest BCUT2D eigenvalue weighted by Gasteiger charge is 2.19. The zero-order chi connectivity index (χ0) is 14.2. The molecule has 1 aromatic carbocycles. The molecule has 0 saturated carbocycles. The summed E-state index contributed by atoms with van der Waals surface area (Å²) in [6.07, 6.45) is 0. The maximum absolute atomic E-state index is 10.9. The van der Waals surface area contributed by atoms with Crippen LogP contribution in [0.2, 0.25) is 5.02 Å². The number of aromatic amines is 1. The number of H-pyrrole nitrogens is 1. The van der Waals surface area contributed by atoms with E-state index >= 15 is 0 Å². The average Bonchev–Trinajstić information content (AvgIpc) is 2.71. The summed E-state index contributed by atoms with van der Waals surface area (Å²) in [5.74, 6) is -1.14. The molecule has 0 spiro atoms. The lowest BCUT2D eigenvalue weighted by molar-refractivity contribution is -0.384. The number of hydrogen-bond acceptors (Lipinski definition) is 4. The first-order valence-corrected chi connectivity index (χ1v) is 5.52. The molecule has 0 bridgehead atoms. The van der Waals surface area contributed by atoms with Gasteiger partial charge in [-0.25, -0.2) is 4.79 Å². The molecular formula is C11H8ClN3O4. The highest BCUT2D eigenvalue weighted by Crippen LogP contribution is 2.31. The Hall–Kier alpha value is -2.41. The summed E-state index contributed by atoms with van der Waals surface area (Å²) < 4.78 is 0. The molecule has 2 aromatic rings. The lowest BCUT2D eigenvalue weighted by Crippen LogP contribution is -1.98. The monoisotopic (exact) mass is 281 g/mol. The maximum Gasteiger partial charge on any atom is 0.354 e. The average molecular weight is 282 g/mol. The molecule has 2 N–H and O–H groups in total. The van der Waals surface area contributed by atoms with Gasteiger partial charge in [0.25, 0.3) is 5.69 Å². The summed E-state index contributed by atoms with van der Waals surface area (Å²) in [6, 6.07) is 4.19. The molecule has 8 heteroatoms. The normalized spacial score (nSPS) is 10.4. The highest BCUT2D eigenvalue weighted by molar-refractivity contribution is 6.32. The van der Waals surface area contributed by atoms with Crippen molar-refractivity contribution in [2.75, 3.05) is 0 Å². The predicted molar refractivity (Wildman–Crippen MR) is 67.4 cm³/mol. The van der Waals surface area contributed by atoms with Gasteiger partial charge in [-0.1, -0.05) is 17.7 Å². The van der Waals surface area contributed by atoms with Crippen LogP contribution >= 0.6 is 11.6 Å². The number of benzene rings is 1. The van der Waals surface area contributed by atoms with Crippen LogP contribution in [0.25, 0.3) is 11.3 Å². The van der Waals surface area contributed by atoms with Crippen LogP contribution in [0.3, 0.4) is 0 Å². The first kappa shape index (κ1) is 13.0. The summed E-state index contributed by atoms with van der Waals surface area (Å²) in [5, 5.41) is 26.0. The van der Waals surface area contributed by atoms with Gasteiger partial charge in [0, 0.05) is 17.2 Å². The van der Waals surface area contributed by atoms with Crippen molar-refractivity contribution in [1.82, 2.24) is 10.2 Å². The molecule has 0 radical (unpaired) electrons. The molecule has 19 heavy (non-hydrogen) atoms. The molecule has 0 aliphatic heterocycles. The van der Waals surface area contributed by atoms with Crippen molar-refractivity contribution in [2.24, 2.45) is 0 Å². The van der Waals surface area contributed by atoms with Gasteiger partial charge in [-0.2, -0.15) is 5.10 Å². The number of carboxylic acids is 1. The number of nitro benzene ring substituents is 1. The third-order valence-corrected chi connectivity index (χ3v) is 2.96. The van der Waals surface area contributed by atoms with E-state index in [0.29, 0.717) is 16.8 Å². The molecule has 0 aliphatic carbocycles. The minimum absolute atomic E-state index is 0.0143. The second-order valence-electron chi connectivity index (χ2n) is 3.80. The molecule has 1 aromatic heterocycles. The van der Waals surface area contributed by atoms with Crippen molar-refractivity contribution in [3.05, 3.63) is 44.6 Å². The minimum atomic E-state index is -1.14. The molecule has 0 aliphatic rings. The van der Waals surface area contributed by atoms with Crippen molar-refractivity contribution in [2.45, 2.75) is 6.92 Å². The molecular weight excluding hydrogens is 274 g/mol. The van der Waals surface area contributed by atoms with E-state index in [1.54, 1.807) is 13.0 Å². The number of halogens is 1. The zero-order valence-electron chi connectivity index (χ0n) is 9.68. The van der Waals surface area contributed by atoms with Gasteiger partial charge in [0.2, 0.25) is 0 Å². The Labute approximate surface area is 112 Å². The van der Waals surface area contributed by atoms with Gasteiger partial charge in [-0.15, -0.1) is 0 Å². The molecule has 2 rings (SSSR count). The van der Waals surface area contributed by atoms with E-state index in [1.165, 1.54) is 12.1 Å². The molecule has 0 saturated heterocycles. The quantitative estimate of drug-likeness (QED) is 0.664. The Morgan fingerprint density at radius 3 is 2.74 bits per heavy atom. The largest absolute Gasteiger partial charge is 0.477 e. The summed E-state index contributed by atoms with van der Waals surface area (Å²) in [7, 11) is 0. The number of nitro groups is 1. The maximum atomic E-state index is 10.9. The van der Waals surface area contributed by atoms with E-state index in [-0.39, 0.29) is 16.4 Å². The first-order chi connectivity index (χ1) is 8.91. The summed E-state index contributed by atoms with van der Waals surface area (Å²) in [5.41, 5.74) is 0.879. The van der Waals surface area contributed by atoms with Crippen molar-refractivity contribution < 1.29 is 14.8 Å². The topological polar surface area (TPSA) is 109 Å². The fourth-order valence-corrected chi connectivity index (χ4v) is 1.87. The minimum Gasteiger partial charge on any atom is -0.477 e. The Balaban J connectivity index is 2.57. The van der Waals surface area contributed by atoms with E-state index in [2.05, 4.69) is 10.2 Å². The molecule has 0 fully saturated rings. The molecule has 7 nitrogen and oxygen atoms in total. The number of carboxylic acid groups (broad SMARTS) is 1. The Kier molecular flexibility index (Phi) is 3.22. The van der Waals surface area contributed by atoms with Gasteiger partial charge >= 0.3 is 5.97 Å². The van der Waals surface area contributed by atoms with E-state index in [4.69, 9.17) is 16.7 Å². The molecule has 1 heterocycles. The third kappa shape index (κ3) is 2.27. The molecule has 0 amide bonds. The highest BCUT2D eigenvalue weighted by atomic mass is 35.5. The summed E-state index contributed by atoms with van der Waals surface area (Å²) >= 11 is 5.71. The lowest BCUT2D eigenvalue weighted by atomic mass is 10.1. The molecule has 0 atom stereocenters. The number of hydrogen-bond donors (Lipinski definition) is 2. The smallest absolute Gasteiger partial charge is 0.354 e. The predicted octanol–water partition coefficient (Wildman–Crippen LogP) is 2.64. The van der Waals surface area contributed by atoms with Crippen LogP contribution in [0.15, 0.2) is 18.2 Å². The van der Waals surface area contributed by atoms with Crippen LogP contribution in [0, 0.1) is 17.0 Å². The van der Waals surface area contributed by atoms with Gasteiger partial charge in [-0.05, 0) is 13.0 Å². The Morgan fingerprint density at radius 2 is 2.21 bits per heavy atom. The summed E-state index contributed by atoms with van der Waals surface area (Å²) in [6.45, 7) is 1.57. The molecule has 0 unspecified atom stereocenters. The number of rotatable bonds is 3. The number of aromatic carboxylic acids is 1. The van der Waals surface area contributed by atoms with Gasteiger partial charge in [0.1, 0.15) is 10.7 Å². The van der Waals surface area contributed by atoms with Crippen molar-refractivity contribution >= 4 is 23.3 Å².